The lowest BCUT2D eigenvalue weighted by atomic mass is 9.97. The van der Waals surface area contributed by atoms with Gasteiger partial charge in [-0.05, 0) is 49.1 Å². The lowest BCUT2D eigenvalue weighted by Gasteiger charge is -2.21. The van der Waals surface area contributed by atoms with Crippen LogP contribution in [0.3, 0.4) is 0 Å². The molecule has 0 saturated heterocycles. The maximum absolute atomic E-state index is 14.0. The van der Waals surface area contributed by atoms with Crippen LogP contribution >= 0.6 is 0 Å². The monoisotopic (exact) mass is 414 g/mol. The Morgan fingerprint density at radius 2 is 1.57 bits per heavy atom. The highest BCUT2D eigenvalue weighted by Crippen LogP contribution is 2.28. The van der Waals surface area contributed by atoms with Crippen molar-refractivity contribution in [3.05, 3.63) is 66.4 Å². The summed E-state index contributed by atoms with van der Waals surface area (Å²) in [6, 6.07) is 14.6. The summed E-state index contributed by atoms with van der Waals surface area (Å²) in [7, 11) is 0. The molecule has 6 heteroatoms. The van der Waals surface area contributed by atoms with Crippen LogP contribution in [0.5, 0.6) is 0 Å². The minimum atomic E-state index is -1.60. The van der Waals surface area contributed by atoms with Crippen molar-refractivity contribution >= 4 is 11.6 Å². The molecule has 2 rings (SSSR count). The minimum Gasteiger partial charge on any atom is -0.384 e. The Balaban J connectivity index is 1.98. The van der Waals surface area contributed by atoms with Gasteiger partial charge in [0, 0.05) is 17.9 Å². The van der Waals surface area contributed by atoms with Gasteiger partial charge in [0.1, 0.15) is 11.8 Å². The predicted octanol–water partition coefficient (Wildman–Crippen LogP) is 4.12. The molecular formula is C24H31FN2O3. The number of unbranched alkanes of at least 4 members (excludes halogenated alkanes) is 1. The maximum atomic E-state index is 14.0. The largest absolute Gasteiger partial charge is 0.384 e. The Morgan fingerprint density at radius 1 is 1.03 bits per heavy atom. The molecule has 0 heterocycles. The zero-order valence-electron chi connectivity index (χ0n) is 17.8. The van der Waals surface area contributed by atoms with Gasteiger partial charge in [-0.1, -0.05) is 56.3 Å². The molecule has 0 aliphatic rings. The third-order valence-electron chi connectivity index (χ3n) is 4.85. The van der Waals surface area contributed by atoms with E-state index in [4.69, 9.17) is 0 Å². The lowest BCUT2D eigenvalue weighted by molar-refractivity contribution is -0.133. The van der Waals surface area contributed by atoms with E-state index in [2.05, 4.69) is 17.2 Å². The molecule has 0 bridgehead atoms. The molecule has 0 saturated carbocycles. The maximum Gasteiger partial charge on any atom is 0.251 e. The van der Waals surface area contributed by atoms with Gasteiger partial charge >= 0.3 is 0 Å². The van der Waals surface area contributed by atoms with E-state index in [1.807, 2.05) is 31.2 Å². The normalized spacial score (nSPS) is 13.4. The number of anilines is 1. The molecule has 0 aromatic heterocycles. The van der Waals surface area contributed by atoms with Crippen molar-refractivity contribution in [3.63, 3.8) is 0 Å². The number of aliphatic hydroxyl groups excluding tert-OH is 2. The average Bonchev–Trinajstić information content (AvgIpc) is 2.72. The van der Waals surface area contributed by atoms with Crippen LogP contribution in [0.1, 0.15) is 39.2 Å². The molecule has 2 aromatic carbocycles. The highest BCUT2D eigenvalue weighted by atomic mass is 19.1. The second-order valence-electron chi connectivity index (χ2n) is 7.81. The first-order chi connectivity index (χ1) is 14.1. The molecule has 1 amide bonds. The van der Waals surface area contributed by atoms with Gasteiger partial charge in [0.15, 0.2) is 6.10 Å². The van der Waals surface area contributed by atoms with Crippen LogP contribution in [0, 0.1) is 0 Å². The number of carbonyl (C=O) groups excluding carboxylic acids is 1. The molecule has 5 nitrogen and oxygen atoms in total. The van der Waals surface area contributed by atoms with E-state index < -0.39 is 23.8 Å². The fraction of sp³-hybridized carbons (Fsp3) is 0.375. The van der Waals surface area contributed by atoms with Crippen LogP contribution < -0.4 is 10.6 Å². The van der Waals surface area contributed by atoms with Crippen LogP contribution in [-0.2, 0) is 10.5 Å². The quantitative estimate of drug-likeness (QED) is 0.441. The summed E-state index contributed by atoms with van der Waals surface area (Å²) in [6.07, 6.45) is -1.32. The zero-order chi connectivity index (χ0) is 22.3. The second-order valence-corrected chi connectivity index (χ2v) is 7.81. The first kappa shape index (κ1) is 23.6. The van der Waals surface area contributed by atoms with Crippen molar-refractivity contribution in [2.45, 2.75) is 51.5 Å². The van der Waals surface area contributed by atoms with E-state index in [9.17, 15) is 19.4 Å². The number of aliphatic hydroxyl groups is 2. The number of alkyl halides is 1. The summed E-state index contributed by atoms with van der Waals surface area (Å²) in [5.74, 6) is -0.630. The molecule has 0 aliphatic heterocycles. The van der Waals surface area contributed by atoms with Crippen molar-refractivity contribution in [2.75, 3.05) is 11.9 Å². The van der Waals surface area contributed by atoms with Crippen molar-refractivity contribution in [2.24, 2.45) is 0 Å². The lowest BCUT2D eigenvalue weighted by Crippen LogP contribution is -2.44. The Kier molecular flexibility index (Phi) is 8.15. The fourth-order valence-electron chi connectivity index (χ4n) is 2.89. The summed E-state index contributed by atoms with van der Waals surface area (Å²) in [5, 5.41) is 25.7. The SMILES string of the molecule is C=C(Nc1ccc(-c2ccc(C(C)(C)F)cc2)cc1)C(O)C(O)C(=O)NCCCC. The van der Waals surface area contributed by atoms with Gasteiger partial charge in [-0.25, -0.2) is 4.39 Å². The van der Waals surface area contributed by atoms with E-state index in [-0.39, 0.29) is 5.70 Å². The average molecular weight is 415 g/mol. The number of benzene rings is 2. The van der Waals surface area contributed by atoms with E-state index in [1.165, 1.54) is 13.8 Å². The van der Waals surface area contributed by atoms with Crippen molar-refractivity contribution in [1.82, 2.24) is 5.32 Å². The highest BCUT2D eigenvalue weighted by Gasteiger charge is 2.26. The summed E-state index contributed by atoms with van der Waals surface area (Å²) >= 11 is 0. The topological polar surface area (TPSA) is 81.6 Å². The first-order valence-electron chi connectivity index (χ1n) is 10.1. The van der Waals surface area contributed by atoms with Crippen molar-refractivity contribution in [1.29, 1.82) is 0 Å². The summed E-state index contributed by atoms with van der Waals surface area (Å²) in [5.41, 5.74) is 1.91. The van der Waals surface area contributed by atoms with Gasteiger partial charge in [0.2, 0.25) is 0 Å². The van der Waals surface area contributed by atoms with Crippen LogP contribution in [0.15, 0.2) is 60.8 Å². The Morgan fingerprint density at radius 3 is 2.07 bits per heavy atom. The van der Waals surface area contributed by atoms with Crippen LogP contribution in [0.4, 0.5) is 10.1 Å². The standard InChI is InChI=1S/C24H31FN2O3/c1-5-6-15-26-23(30)22(29)21(28)16(2)27-20-13-9-18(10-14-20)17-7-11-19(12-8-17)24(3,4)25/h7-14,21-22,27-29H,2,5-6,15H2,1,3-4H3,(H,26,30). The molecule has 2 atom stereocenters. The van der Waals surface area contributed by atoms with E-state index >= 15 is 0 Å². The van der Waals surface area contributed by atoms with Gasteiger partial charge < -0.3 is 20.8 Å². The van der Waals surface area contributed by atoms with Crippen molar-refractivity contribution in [3.8, 4) is 11.1 Å². The van der Waals surface area contributed by atoms with Gasteiger partial charge in [0.25, 0.3) is 5.91 Å². The number of amides is 1. The van der Waals surface area contributed by atoms with Gasteiger partial charge in [-0.15, -0.1) is 0 Å². The van der Waals surface area contributed by atoms with E-state index in [0.29, 0.717) is 17.8 Å². The molecule has 0 fully saturated rings. The van der Waals surface area contributed by atoms with Crippen LogP contribution in [0.2, 0.25) is 0 Å². The summed E-state index contributed by atoms with van der Waals surface area (Å²) < 4.78 is 14.0. The van der Waals surface area contributed by atoms with Crippen LogP contribution in [-0.4, -0.2) is 34.9 Å². The third kappa shape index (κ3) is 6.40. The molecule has 0 spiro atoms. The number of hydrogen-bond donors (Lipinski definition) is 4. The van der Waals surface area contributed by atoms with Gasteiger partial charge in [-0.2, -0.15) is 0 Å². The van der Waals surface area contributed by atoms with Gasteiger partial charge in [0.05, 0.1) is 0 Å². The minimum absolute atomic E-state index is 0.121. The Bertz CT molecular complexity index is 842. The molecule has 2 aromatic rings. The summed E-state index contributed by atoms with van der Waals surface area (Å²) in [6.45, 7) is 9.22. The zero-order valence-corrected chi connectivity index (χ0v) is 17.8. The Labute approximate surface area is 177 Å². The van der Waals surface area contributed by atoms with E-state index in [1.54, 1.807) is 24.3 Å². The molecular weight excluding hydrogens is 383 g/mol. The molecule has 4 N–H and O–H groups in total. The number of nitrogens with one attached hydrogen (secondary N) is 2. The van der Waals surface area contributed by atoms with Crippen LogP contribution in [0.25, 0.3) is 11.1 Å². The third-order valence-corrected chi connectivity index (χ3v) is 4.85. The number of hydrogen-bond acceptors (Lipinski definition) is 4. The molecule has 162 valence electrons. The highest BCUT2D eigenvalue weighted by molar-refractivity contribution is 5.81. The number of rotatable bonds is 10. The Hall–Kier alpha value is -2.70. The summed E-state index contributed by atoms with van der Waals surface area (Å²) in [4.78, 5) is 11.9. The van der Waals surface area contributed by atoms with Crippen molar-refractivity contribution < 1.29 is 19.4 Å². The first-order valence-corrected chi connectivity index (χ1v) is 10.1. The number of carbonyl (C=O) groups is 1. The number of halogens is 1. The second kappa shape index (κ2) is 10.4. The molecule has 0 radical (unpaired) electrons. The van der Waals surface area contributed by atoms with Gasteiger partial charge in [-0.3, -0.25) is 4.79 Å². The molecule has 0 aliphatic carbocycles. The molecule has 30 heavy (non-hydrogen) atoms. The van der Waals surface area contributed by atoms with E-state index in [0.717, 1.165) is 24.0 Å². The molecule has 2 unspecified atom stereocenters. The predicted molar refractivity (Wildman–Crippen MR) is 119 cm³/mol. The smallest absolute Gasteiger partial charge is 0.251 e. The fourth-order valence-corrected chi connectivity index (χ4v) is 2.89.